The molecule has 116 valence electrons. The number of hydrogen-bond donors (Lipinski definition) is 1. The van der Waals surface area contributed by atoms with Crippen LogP contribution in [-0.4, -0.2) is 49.3 Å². The average Bonchev–Trinajstić information content (AvgIpc) is 3.02. The van der Waals surface area contributed by atoms with Gasteiger partial charge in [0.15, 0.2) is 0 Å². The second-order valence-corrected chi connectivity index (χ2v) is 6.57. The Labute approximate surface area is 128 Å². The van der Waals surface area contributed by atoms with Gasteiger partial charge in [0.25, 0.3) is 0 Å². The van der Waals surface area contributed by atoms with E-state index in [4.69, 9.17) is 4.74 Å². The van der Waals surface area contributed by atoms with Crippen LogP contribution in [0.2, 0.25) is 0 Å². The summed E-state index contributed by atoms with van der Waals surface area (Å²) < 4.78 is 5.78. The van der Waals surface area contributed by atoms with Crippen molar-refractivity contribution in [2.75, 3.05) is 26.2 Å². The number of rotatable bonds is 5. The molecule has 2 fully saturated rings. The van der Waals surface area contributed by atoms with Gasteiger partial charge in [0.05, 0.1) is 6.10 Å². The molecule has 1 aromatic rings. The topological polar surface area (TPSA) is 24.5 Å². The fraction of sp³-hybridized carbons (Fsp3) is 0.667. The third-order valence-corrected chi connectivity index (χ3v) is 4.80. The number of ether oxygens (including phenoxy) is 1. The molecule has 21 heavy (non-hydrogen) atoms. The molecular formula is C18H28N2O. The Kier molecular flexibility index (Phi) is 5.28. The molecule has 2 aliphatic heterocycles. The predicted octanol–water partition coefficient (Wildman–Crippen LogP) is 2.46. The second-order valence-electron chi connectivity index (χ2n) is 6.57. The molecule has 3 atom stereocenters. The summed E-state index contributed by atoms with van der Waals surface area (Å²) in [6.45, 7) is 6.69. The summed E-state index contributed by atoms with van der Waals surface area (Å²) in [6, 6.07) is 12.1. The van der Waals surface area contributed by atoms with Crippen molar-refractivity contribution >= 4 is 0 Å². The van der Waals surface area contributed by atoms with Crippen molar-refractivity contribution in [2.45, 2.75) is 50.8 Å². The summed E-state index contributed by atoms with van der Waals surface area (Å²) >= 11 is 0. The van der Waals surface area contributed by atoms with E-state index in [1.165, 1.54) is 31.4 Å². The smallest absolute Gasteiger partial charge is 0.0588 e. The first-order valence-corrected chi connectivity index (χ1v) is 8.44. The highest BCUT2D eigenvalue weighted by Gasteiger charge is 2.27. The van der Waals surface area contributed by atoms with Gasteiger partial charge >= 0.3 is 0 Å². The van der Waals surface area contributed by atoms with Crippen molar-refractivity contribution in [3.05, 3.63) is 35.9 Å². The number of nitrogens with one attached hydrogen (secondary N) is 1. The van der Waals surface area contributed by atoms with E-state index in [0.717, 1.165) is 26.1 Å². The third kappa shape index (κ3) is 4.29. The average molecular weight is 288 g/mol. The highest BCUT2D eigenvalue weighted by atomic mass is 16.5. The van der Waals surface area contributed by atoms with Crippen molar-refractivity contribution in [3.8, 4) is 0 Å². The highest BCUT2D eigenvalue weighted by molar-refractivity contribution is 5.16. The first-order chi connectivity index (χ1) is 10.3. The summed E-state index contributed by atoms with van der Waals surface area (Å²) in [6.07, 6.45) is 5.35. The first-order valence-electron chi connectivity index (χ1n) is 8.44. The van der Waals surface area contributed by atoms with Gasteiger partial charge in [-0.1, -0.05) is 30.3 Å². The molecule has 0 aliphatic carbocycles. The Morgan fingerprint density at radius 1 is 1.29 bits per heavy atom. The molecule has 0 saturated carbocycles. The van der Waals surface area contributed by atoms with Gasteiger partial charge in [-0.05, 0) is 38.2 Å². The van der Waals surface area contributed by atoms with Gasteiger partial charge in [0.1, 0.15) is 0 Å². The Morgan fingerprint density at radius 2 is 2.14 bits per heavy atom. The van der Waals surface area contributed by atoms with Gasteiger partial charge in [0.2, 0.25) is 0 Å². The zero-order valence-electron chi connectivity index (χ0n) is 13.1. The van der Waals surface area contributed by atoms with Crippen molar-refractivity contribution in [1.82, 2.24) is 10.2 Å². The summed E-state index contributed by atoms with van der Waals surface area (Å²) in [5.41, 5.74) is 1.45. The Bertz CT molecular complexity index is 416. The lowest BCUT2D eigenvalue weighted by molar-refractivity contribution is 0.0722. The van der Waals surface area contributed by atoms with Crippen LogP contribution in [0.1, 0.15) is 31.7 Å². The molecule has 2 heterocycles. The van der Waals surface area contributed by atoms with E-state index in [9.17, 15) is 0 Å². The molecule has 3 unspecified atom stereocenters. The minimum atomic E-state index is 0.507. The van der Waals surface area contributed by atoms with E-state index in [0.29, 0.717) is 18.2 Å². The largest absolute Gasteiger partial charge is 0.378 e. The van der Waals surface area contributed by atoms with Gasteiger partial charge in [-0.15, -0.1) is 0 Å². The van der Waals surface area contributed by atoms with Crippen molar-refractivity contribution in [2.24, 2.45) is 0 Å². The van der Waals surface area contributed by atoms with E-state index in [-0.39, 0.29) is 0 Å². The zero-order valence-corrected chi connectivity index (χ0v) is 13.1. The molecule has 3 nitrogen and oxygen atoms in total. The molecule has 1 aromatic carbocycles. The predicted molar refractivity (Wildman–Crippen MR) is 86.6 cm³/mol. The molecule has 2 saturated heterocycles. The fourth-order valence-electron chi connectivity index (χ4n) is 3.57. The molecule has 2 aliphatic rings. The van der Waals surface area contributed by atoms with Crippen LogP contribution in [0.3, 0.4) is 0 Å². The minimum Gasteiger partial charge on any atom is -0.378 e. The van der Waals surface area contributed by atoms with E-state index in [1.54, 1.807) is 0 Å². The van der Waals surface area contributed by atoms with Crippen LogP contribution in [0.4, 0.5) is 0 Å². The highest BCUT2D eigenvalue weighted by Crippen LogP contribution is 2.19. The van der Waals surface area contributed by atoms with Crippen molar-refractivity contribution < 1.29 is 4.74 Å². The SMILES string of the molecule is CC1CN(CCC2CCCO2)C(Cc2ccccc2)CN1. The standard InChI is InChI=1S/C18H28N2O/c1-15-14-20(10-9-18-8-5-11-21-18)17(13-19-15)12-16-6-3-2-4-7-16/h2-4,6-7,15,17-19H,5,8-14H2,1H3. The normalized spacial score (nSPS) is 30.6. The van der Waals surface area contributed by atoms with Crippen LogP contribution in [0.25, 0.3) is 0 Å². The first kappa shape index (κ1) is 15.0. The minimum absolute atomic E-state index is 0.507. The quantitative estimate of drug-likeness (QED) is 0.901. The van der Waals surface area contributed by atoms with Crippen LogP contribution in [-0.2, 0) is 11.2 Å². The maximum absolute atomic E-state index is 5.78. The van der Waals surface area contributed by atoms with Crippen molar-refractivity contribution in [1.29, 1.82) is 0 Å². The third-order valence-electron chi connectivity index (χ3n) is 4.80. The maximum Gasteiger partial charge on any atom is 0.0588 e. The van der Waals surface area contributed by atoms with Crippen LogP contribution < -0.4 is 5.32 Å². The van der Waals surface area contributed by atoms with Gasteiger partial charge < -0.3 is 10.1 Å². The molecular weight excluding hydrogens is 260 g/mol. The molecule has 3 rings (SSSR count). The van der Waals surface area contributed by atoms with E-state index < -0.39 is 0 Å². The molecule has 0 aromatic heterocycles. The fourth-order valence-corrected chi connectivity index (χ4v) is 3.57. The Balaban J connectivity index is 1.56. The number of piperazine rings is 1. The van der Waals surface area contributed by atoms with E-state index in [2.05, 4.69) is 47.5 Å². The number of hydrogen-bond acceptors (Lipinski definition) is 3. The van der Waals surface area contributed by atoms with E-state index in [1.807, 2.05) is 0 Å². The van der Waals surface area contributed by atoms with Gasteiger partial charge in [-0.3, -0.25) is 4.90 Å². The van der Waals surface area contributed by atoms with Crippen LogP contribution in [0.5, 0.6) is 0 Å². The number of benzene rings is 1. The molecule has 0 radical (unpaired) electrons. The summed E-state index contributed by atoms with van der Waals surface area (Å²) in [4.78, 5) is 2.68. The summed E-state index contributed by atoms with van der Waals surface area (Å²) in [7, 11) is 0. The molecule has 0 bridgehead atoms. The second kappa shape index (κ2) is 7.39. The monoisotopic (exact) mass is 288 g/mol. The van der Waals surface area contributed by atoms with E-state index >= 15 is 0 Å². The number of nitrogens with zero attached hydrogens (tertiary/aromatic N) is 1. The Hall–Kier alpha value is -0.900. The lowest BCUT2D eigenvalue weighted by atomic mass is 10.0. The summed E-state index contributed by atoms with van der Waals surface area (Å²) in [5.74, 6) is 0. The molecule has 0 amide bonds. The zero-order chi connectivity index (χ0) is 14.5. The van der Waals surface area contributed by atoms with Gasteiger partial charge in [-0.2, -0.15) is 0 Å². The molecule has 3 heteroatoms. The maximum atomic E-state index is 5.78. The summed E-state index contributed by atoms with van der Waals surface area (Å²) in [5, 5.41) is 3.64. The van der Waals surface area contributed by atoms with Crippen LogP contribution in [0, 0.1) is 0 Å². The van der Waals surface area contributed by atoms with Crippen molar-refractivity contribution in [3.63, 3.8) is 0 Å². The molecule has 1 N–H and O–H groups in total. The lowest BCUT2D eigenvalue weighted by Gasteiger charge is -2.40. The molecule has 0 spiro atoms. The van der Waals surface area contributed by atoms with Crippen LogP contribution in [0.15, 0.2) is 30.3 Å². The Morgan fingerprint density at radius 3 is 2.90 bits per heavy atom. The van der Waals surface area contributed by atoms with Gasteiger partial charge in [0, 0.05) is 38.3 Å². The lowest BCUT2D eigenvalue weighted by Crippen LogP contribution is -2.56. The van der Waals surface area contributed by atoms with Crippen LogP contribution >= 0.6 is 0 Å². The van der Waals surface area contributed by atoms with Gasteiger partial charge in [-0.25, -0.2) is 0 Å².